The predicted octanol–water partition coefficient (Wildman–Crippen LogP) is 3.04. The van der Waals surface area contributed by atoms with Crippen molar-refractivity contribution in [1.82, 2.24) is 10.6 Å². The van der Waals surface area contributed by atoms with E-state index in [1.165, 1.54) is 5.56 Å². The van der Waals surface area contributed by atoms with Crippen LogP contribution in [0, 0.1) is 0 Å². The zero-order valence-electron chi connectivity index (χ0n) is 15.5. The molecule has 4 N–H and O–H groups in total. The van der Waals surface area contributed by atoms with E-state index in [4.69, 9.17) is 5.73 Å². The van der Waals surface area contributed by atoms with E-state index in [9.17, 15) is 9.59 Å². The van der Waals surface area contributed by atoms with Crippen LogP contribution < -0.4 is 16.4 Å². The van der Waals surface area contributed by atoms with Crippen LogP contribution in [0.4, 0.5) is 0 Å². The third kappa shape index (κ3) is 9.46. The lowest BCUT2D eigenvalue weighted by atomic mass is 9.99. The summed E-state index contributed by atoms with van der Waals surface area (Å²) >= 11 is 0. The number of halogens is 1. The largest absolute Gasteiger partial charge is 0.356 e. The molecule has 1 rings (SSSR count). The molecule has 2 amide bonds. The topological polar surface area (TPSA) is 84.2 Å². The van der Waals surface area contributed by atoms with Crippen molar-refractivity contribution in [1.29, 1.82) is 0 Å². The number of benzene rings is 1. The molecule has 0 fully saturated rings. The molecule has 6 heteroatoms. The zero-order chi connectivity index (χ0) is 17.9. The number of nitrogens with two attached hydrogens (primary N) is 1. The molecule has 25 heavy (non-hydrogen) atoms. The van der Waals surface area contributed by atoms with Gasteiger partial charge in [0.1, 0.15) is 0 Å². The maximum absolute atomic E-state index is 11.8. The van der Waals surface area contributed by atoms with Crippen LogP contribution >= 0.6 is 12.4 Å². The number of carbonyl (C=O) groups excluding carboxylic acids is 2. The van der Waals surface area contributed by atoms with Crippen molar-refractivity contribution < 1.29 is 9.59 Å². The van der Waals surface area contributed by atoms with Crippen molar-refractivity contribution in [2.45, 2.75) is 58.4 Å². The van der Waals surface area contributed by atoms with Gasteiger partial charge in [-0.05, 0) is 29.9 Å². The summed E-state index contributed by atoms with van der Waals surface area (Å²) in [6.45, 7) is 7.40. The van der Waals surface area contributed by atoms with Gasteiger partial charge < -0.3 is 16.4 Å². The first-order valence-corrected chi connectivity index (χ1v) is 8.82. The summed E-state index contributed by atoms with van der Waals surface area (Å²) in [5.41, 5.74) is 8.41. The first kappa shape index (κ1) is 23.4. The SMILES string of the molecule is CCCNC(=O)CCCC(=O)NCC(N)c1ccc(C(C)C)cc1.Cl. The Labute approximate surface area is 157 Å². The standard InChI is InChI=1S/C19H31N3O2.ClH/c1-4-12-21-18(23)6-5-7-19(24)22-13-17(20)16-10-8-15(9-11-16)14(2)3;/h8-11,14,17H,4-7,12-13,20H2,1-3H3,(H,21,23)(H,22,24);1H. The highest BCUT2D eigenvalue weighted by atomic mass is 35.5. The van der Waals surface area contributed by atoms with Crippen molar-refractivity contribution in [2.75, 3.05) is 13.1 Å². The van der Waals surface area contributed by atoms with Gasteiger partial charge in [0.2, 0.25) is 11.8 Å². The minimum atomic E-state index is -0.219. The second-order valence-electron chi connectivity index (χ2n) is 6.44. The minimum Gasteiger partial charge on any atom is -0.356 e. The molecule has 5 nitrogen and oxygen atoms in total. The summed E-state index contributed by atoms with van der Waals surface area (Å²) in [6.07, 6.45) is 2.21. The Morgan fingerprint density at radius 2 is 1.52 bits per heavy atom. The first-order valence-electron chi connectivity index (χ1n) is 8.82. The highest BCUT2D eigenvalue weighted by Crippen LogP contribution is 2.17. The number of amides is 2. The molecule has 0 radical (unpaired) electrons. The van der Waals surface area contributed by atoms with Gasteiger partial charge in [-0.1, -0.05) is 45.0 Å². The van der Waals surface area contributed by atoms with Gasteiger partial charge in [0.15, 0.2) is 0 Å². The monoisotopic (exact) mass is 369 g/mol. The summed E-state index contributed by atoms with van der Waals surface area (Å²) in [4.78, 5) is 23.3. The van der Waals surface area contributed by atoms with Crippen molar-refractivity contribution in [3.63, 3.8) is 0 Å². The van der Waals surface area contributed by atoms with E-state index in [0.29, 0.717) is 38.3 Å². The average Bonchev–Trinajstić information content (AvgIpc) is 2.57. The second kappa shape index (κ2) is 12.7. The first-order chi connectivity index (χ1) is 11.4. The van der Waals surface area contributed by atoms with Crippen LogP contribution in [0.25, 0.3) is 0 Å². The highest BCUT2D eigenvalue weighted by molar-refractivity contribution is 5.85. The van der Waals surface area contributed by atoms with Gasteiger partial charge >= 0.3 is 0 Å². The molecule has 1 atom stereocenters. The summed E-state index contributed by atoms with van der Waals surface area (Å²) in [5.74, 6) is 0.434. The van der Waals surface area contributed by atoms with E-state index in [1.54, 1.807) is 0 Å². The van der Waals surface area contributed by atoms with Crippen LogP contribution in [0.1, 0.15) is 69.5 Å². The minimum absolute atomic E-state index is 0. The molecule has 0 spiro atoms. The lowest BCUT2D eigenvalue weighted by Gasteiger charge is -2.14. The van der Waals surface area contributed by atoms with Crippen LogP contribution in [0.3, 0.4) is 0 Å². The maximum Gasteiger partial charge on any atom is 0.220 e. The van der Waals surface area contributed by atoms with Crippen molar-refractivity contribution >= 4 is 24.2 Å². The molecule has 0 heterocycles. The number of nitrogens with one attached hydrogen (secondary N) is 2. The Balaban J connectivity index is 0.00000576. The van der Waals surface area contributed by atoms with Crippen LogP contribution in [0.15, 0.2) is 24.3 Å². The van der Waals surface area contributed by atoms with Crippen LogP contribution in [0.5, 0.6) is 0 Å². The van der Waals surface area contributed by atoms with E-state index in [0.717, 1.165) is 12.0 Å². The van der Waals surface area contributed by atoms with E-state index in [1.807, 2.05) is 19.1 Å². The predicted molar refractivity (Wildman–Crippen MR) is 105 cm³/mol. The maximum atomic E-state index is 11.8. The third-order valence-electron chi connectivity index (χ3n) is 3.93. The fourth-order valence-corrected chi connectivity index (χ4v) is 2.32. The molecular weight excluding hydrogens is 338 g/mol. The lowest BCUT2D eigenvalue weighted by molar-refractivity contribution is -0.122. The Morgan fingerprint density at radius 3 is 2.04 bits per heavy atom. The van der Waals surface area contributed by atoms with Crippen molar-refractivity contribution in [3.8, 4) is 0 Å². The Morgan fingerprint density at radius 1 is 1.00 bits per heavy atom. The van der Waals surface area contributed by atoms with Gasteiger partial charge in [-0.15, -0.1) is 12.4 Å². The lowest BCUT2D eigenvalue weighted by Crippen LogP contribution is -2.32. The van der Waals surface area contributed by atoms with Crippen LogP contribution in [0.2, 0.25) is 0 Å². The Kier molecular flexibility index (Phi) is 11.9. The number of carbonyl (C=O) groups is 2. The zero-order valence-corrected chi connectivity index (χ0v) is 16.3. The summed E-state index contributed by atoms with van der Waals surface area (Å²) in [7, 11) is 0. The van der Waals surface area contributed by atoms with E-state index in [2.05, 4.69) is 36.6 Å². The van der Waals surface area contributed by atoms with E-state index < -0.39 is 0 Å². The molecule has 1 aromatic rings. The van der Waals surface area contributed by atoms with Gasteiger partial charge in [0, 0.05) is 32.0 Å². The number of rotatable bonds is 10. The molecule has 1 aromatic carbocycles. The Hall–Kier alpha value is -1.59. The molecule has 0 aliphatic rings. The van der Waals surface area contributed by atoms with Gasteiger partial charge in [0.05, 0.1) is 0 Å². The van der Waals surface area contributed by atoms with Gasteiger partial charge in [-0.2, -0.15) is 0 Å². The van der Waals surface area contributed by atoms with E-state index >= 15 is 0 Å². The van der Waals surface area contributed by atoms with Crippen molar-refractivity contribution in [3.05, 3.63) is 35.4 Å². The fourth-order valence-electron chi connectivity index (χ4n) is 2.32. The van der Waals surface area contributed by atoms with Gasteiger partial charge in [-0.25, -0.2) is 0 Å². The highest BCUT2D eigenvalue weighted by Gasteiger charge is 2.09. The molecule has 0 saturated heterocycles. The second-order valence-corrected chi connectivity index (χ2v) is 6.44. The summed E-state index contributed by atoms with van der Waals surface area (Å²) in [6, 6.07) is 7.98. The average molecular weight is 370 g/mol. The molecule has 0 aromatic heterocycles. The smallest absolute Gasteiger partial charge is 0.220 e. The van der Waals surface area contributed by atoms with Crippen LogP contribution in [-0.2, 0) is 9.59 Å². The quantitative estimate of drug-likeness (QED) is 0.592. The number of hydrogen-bond acceptors (Lipinski definition) is 3. The van der Waals surface area contributed by atoms with E-state index in [-0.39, 0.29) is 30.3 Å². The molecule has 142 valence electrons. The molecule has 1 unspecified atom stereocenters. The molecule has 0 bridgehead atoms. The summed E-state index contributed by atoms with van der Waals surface area (Å²) < 4.78 is 0. The van der Waals surface area contributed by atoms with Crippen molar-refractivity contribution in [2.24, 2.45) is 5.73 Å². The molecule has 0 aliphatic carbocycles. The number of hydrogen-bond donors (Lipinski definition) is 3. The molecule has 0 aliphatic heterocycles. The van der Waals surface area contributed by atoms with Gasteiger partial charge in [-0.3, -0.25) is 9.59 Å². The summed E-state index contributed by atoms with van der Waals surface area (Å²) in [5, 5.41) is 5.64. The fraction of sp³-hybridized carbons (Fsp3) is 0.579. The third-order valence-corrected chi connectivity index (χ3v) is 3.93. The van der Waals surface area contributed by atoms with Gasteiger partial charge in [0.25, 0.3) is 0 Å². The Bertz CT molecular complexity index is 518. The molecular formula is C19H32ClN3O2. The van der Waals surface area contributed by atoms with Crippen LogP contribution in [-0.4, -0.2) is 24.9 Å². The molecule has 0 saturated carbocycles. The normalized spacial score (nSPS) is 11.6.